The van der Waals surface area contributed by atoms with E-state index in [9.17, 15) is 18.5 Å². The van der Waals surface area contributed by atoms with Crippen molar-refractivity contribution >= 4 is 21.3 Å². The van der Waals surface area contributed by atoms with Crippen LogP contribution in [0.2, 0.25) is 0 Å². The molecule has 0 bridgehead atoms. The topological polar surface area (TPSA) is 102 Å². The predicted octanol–water partition coefficient (Wildman–Crippen LogP) is 1.22. The fraction of sp³-hybridized carbons (Fsp3) is 0.500. The number of hydrogen-bond donors (Lipinski definition) is 1. The van der Waals surface area contributed by atoms with E-state index in [-0.39, 0.29) is 23.2 Å². The maximum absolute atomic E-state index is 11.4. The Bertz CT molecular complexity index is 512. The summed E-state index contributed by atoms with van der Waals surface area (Å²) in [5.74, 6) is 0.508. The van der Waals surface area contributed by atoms with E-state index in [2.05, 4.69) is 10.3 Å². The minimum Gasteiger partial charge on any atom is -0.367 e. The van der Waals surface area contributed by atoms with Gasteiger partial charge in [0.25, 0.3) is 5.69 Å². The zero-order chi connectivity index (χ0) is 13.8. The van der Waals surface area contributed by atoms with Gasteiger partial charge in [-0.05, 0) is 13.0 Å². The molecule has 8 heteroatoms. The molecular formula is C10H15N3O4S. The van der Waals surface area contributed by atoms with Crippen molar-refractivity contribution in [3.05, 3.63) is 28.4 Å². The number of rotatable bonds is 6. The van der Waals surface area contributed by atoms with Crippen molar-refractivity contribution in [2.75, 3.05) is 16.8 Å². The summed E-state index contributed by atoms with van der Waals surface area (Å²) in [6, 6.07) is 2.47. The highest BCUT2D eigenvalue weighted by Gasteiger charge is 2.14. The van der Waals surface area contributed by atoms with Crippen LogP contribution in [0.3, 0.4) is 0 Å². The highest BCUT2D eigenvalue weighted by atomic mass is 32.2. The number of hydrogen-bond acceptors (Lipinski definition) is 6. The highest BCUT2D eigenvalue weighted by Crippen LogP contribution is 2.12. The maximum atomic E-state index is 11.4. The van der Waals surface area contributed by atoms with Crippen LogP contribution >= 0.6 is 0 Å². The summed E-state index contributed by atoms with van der Waals surface area (Å²) in [5, 5.41) is 13.3. The minimum atomic E-state index is -3.06. The van der Waals surface area contributed by atoms with Gasteiger partial charge in [0.05, 0.1) is 10.7 Å². The van der Waals surface area contributed by atoms with Crippen molar-refractivity contribution in [1.29, 1.82) is 0 Å². The van der Waals surface area contributed by atoms with Crippen LogP contribution in [0.4, 0.5) is 11.5 Å². The second kappa shape index (κ2) is 5.76. The molecule has 0 fully saturated rings. The second-order valence-electron chi connectivity index (χ2n) is 3.90. The van der Waals surface area contributed by atoms with Gasteiger partial charge in [0, 0.05) is 17.9 Å². The minimum absolute atomic E-state index is 0.00215. The first-order valence-electron chi connectivity index (χ1n) is 5.41. The van der Waals surface area contributed by atoms with Crippen molar-refractivity contribution in [2.24, 2.45) is 0 Å². The molecule has 0 aliphatic rings. The largest absolute Gasteiger partial charge is 0.367 e. The zero-order valence-electron chi connectivity index (χ0n) is 10.2. The number of anilines is 1. The molecule has 0 aliphatic heterocycles. The monoisotopic (exact) mass is 273 g/mol. The van der Waals surface area contributed by atoms with Gasteiger partial charge in [0.2, 0.25) is 0 Å². The molecule has 0 saturated heterocycles. The first kappa shape index (κ1) is 14.4. The third-order valence-electron chi connectivity index (χ3n) is 2.30. The van der Waals surface area contributed by atoms with Crippen molar-refractivity contribution in [3.8, 4) is 0 Å². The lowest BCUT2D eigenvalue weighted by atomic mass is 10.3. The molecule has 0 amide bonds. The molecule has 1 rings (SSSR count). The molecule has 0 spiro atoms. The Morgan fingerprint density at radius 3 is 2.61 bits per heavy atom. The van der Waals surface area contributed by atoms with Crippen LogP contribution in [-0.2, 0) is 9.84 Å². The third kappa shape index (κ3) is 4.28. The van der Waals surface area contributed by atoms with Gasteiger partial charge >= 0.3 is 0 Å². The molecule has 0 saturated carbocycles. The summed E-state index contributed by atoms with van der Waals surface area (Å²) in [6.07, 6.45) is 1.13. The van der Waals surface area contributed by atoms with Crippen LogP contribution in [-0.4, -0.2) is 35.9 Å². The number of aromatic nitrogens is 1. The van der Waals surface area contributed by atoms with Gasteiger partial charge in [0.15, 0.2) is 9.84 Å². The quantitative estimate of drug-likeness (QED) is 0.617. The second-order valence-corrected chi connectivity index (χ2v) is 6.30. The molecule has 1 aromatic rings. The Kier molecular flexibility index (Phi) is 4.60. The van der Waals surface area contributed by atoms with E-state index < -0.39 is 14.8 Å². The van der Waals surface area contributed by atoms with Crippen molar-refractivity contribution in [2.45, 2.75) is 19.9 Å². The zero-order valence-corrected chi connectivity index (χ0v) is 11.0. The number of pyridine rings is 1. The smallest absolute Gasteiger partial charge is 0.287 e. The highest BCUT2D eigenvalue weighted by molar-refractivity contribution is 7.91. The van der Waals surface area contributed by atoms with E-state index >= 15 is 0 Å². The SMILES string of the molecule is CCS(=O)(=O)C[C@@H](C)Nc1ccc([N+](=O)[O-])cn1. The lowest BCUT2D eigenvalue weighted by molar-refractivity contribution is -0.385. The fourth-order valence-corrected chi connectivity index (χ4v) is 2.45. The molecule has 0 radical (unpaired) electrons. The van der Waals surface area contributed by atoms with E-state index in [1.807, 2.05) is 0 Å². The first-order valence-corrected chi connectivity index (χ1v) is 7.23. The lowest BCUT2D eigenvalue weighted by Gasteiger charge is -2.13. The summed E-state index contributed by atoms with van der Waals surface area (Å²) in [6.45, 7) is 3.31. The van der Waals surface area contributed by atoms with Crippen LogP contribution < -0.4 is 5.32 Å². The fourth-order valence-electron chi connectivity index (χ4n) is 1.37. The van der Waals surface area contributed by atoms with Gasteiger partial charge in [0.1, 0.15) is 12.0 Å². The molecule has 100 valence electrons. The standard InChI is InChI=1S/C10H15N3O4S/c1-3-18(16,17)7-8(2)12-10-5-4-9(6-11-10)13(14)15/h4-6,8H,3,7H2,1-2H3,(H,11,12)/t8-/m1/s1. The molecule has 0 unspecified atom stereocenters. The number of nitrogens with zero attached hydrogens (tertiary/aromatic N) is 2. The maximum Gasteiger partial charge on any atom is 0.287 e. The van der Waals surface area contributed by atoms with Gasteiger partial charge in [-0.3, -0.25) is 10.1 Å². The molecule has 0 aliphatic carbocycles. The molecule has 1 N–H and O–H groups in total. The van der Waals surface area contributed by atoms with Gasteiger partial charge in [-0.15, -0.1) is 0 Å². The number of nitrogens with one attached hydrogen (secondary N) is 1. The van der Waals surface area contributed by atoms with Gasteiger partial charge < -0.3 is 5.32 Å². The van der Waals surface area contributed by atoms with Crippen molar-refractivity contribution in [1.82, 2.24) is 4.98 Å². The Labute approximate surface area is 105 Å². The van der Waals surface area contributed by atoms with Gasteiger partial charge in [-0.1, -0.05) is 6.92 Å². The van der Waals surface area contributed by atoms with E-state index in [0.29, 0.717) is 5.82 Å². The Hall–Kier alpha value is -1.70. The average molecular weight is 273 g/mol. The van der Waals surface area contributed by atoms with E-state index in [1.54, 1.807) is 13.8 Å². The van der Waals surface area contributed by atoms with Crippen molar-refractivity contribution in [3.63, 3.8) is 0 Å². The van der Waals surface area contributed by atoms with Crippen LogP contribution in [0.15, 0.2) is 18.3 Å². The molecule has 1 aromatic heterocycles. The number of nitro groups is 1. The molecule has 18 heavy (non-hydrogen) atoms. The molecule has 0 aromatic carbocycles. The van der Waals surface area contributed by atoms with E-state index in [1.165, 1.54) is 12.1 Å². The van der Waals surface area contributed by atoms with Crippen molar-refractivity contribution < 1.29 is 13.3 Å². The Morgan fingerprint density at radius 2 is 2.17 bits per heavy atom. The predicted molar refractivity (Wildman–Crippen MR) is 68.3 cm³/mol. The van der Waals surface area contributed by atoms with Crippen LogP contribution in [0.1, 0.15) is 13.8 Å². The van der Waals surface area contributed by atoms with E-state index in [0.717, 1.165) is 6.20 Å². The lowest BCUT2D eigenvalue weighted by Crippen LogP contribution is -2.27. The molecular weight excluding hydrogens is 258 g/mol. The summed E-state index contributed by atoms with van der Waals surface area (Å²) in [7, 11) is -3.06. The van der Waals surface area contributed by atoms with Gasteiger partial charge in [-0.2, -0.15) is 0 Å². The first-order chi connectivity index (χ1) is 8.34. The Morgan fingerprint density at radius 1 is 1.50 bits per heavy atom. The average Bonchev–Trinajstić information content (AvgIpc) is 2.29. The normalized spacial score (nSPS) is 13.0. The third-order valence-corrected chi connectivity index (χ3v) is 4.18. The van der Waals surface area contributed by atoms with E-state index in [4.69, 9.17) is 0 Å². The van der Waals surface area contributed by atoms with Crippen LogP contribution in [0.5, 0.6) is 0 Å². The van der Waals surface area contributed by atoms with Crippen LogP contribution in [0.25, 0.3) is 0 Å². The van der Waals surface area contributed by atoms with Crippen LogP contribution in [0, 0.1) is 10.1 Å². The molecule has 7 nitrogen and oxygen atoms in total. The molecule has 1 heterocycles. The molecule has 1 atom stereocenters. The summed E-state index contributed by atoms with van der Waals surface area (Å²) in [4.78, 5) is 13.7. The Balaban J connectivity index is 2.65. The van der Waals surface area contributed by atoms with Gasteiger partial charge in [-0.25, -0.2) is 13.4 Å². The number of sulfone groups is 1. The summed E-state index contributed by atoms with van der Waals surface area (Å²) < 4.78 is 22.8. The summed E-state index contributed by atoms with van der Waals surface area (Å²) in [5.41, 5.74) is -0.102. The summed E-state index contributed by atoms with van der Waals surface area (Å²) >= 11 is 0.